The van der Waals surface area contributed by atoms with Gasteiger partial charge in [0.15, 0.2) is 0 Å². The fourth-order valence-electron chi connectivity index (χ4n) is 1.95. The number of nitrogens with one attached hydrogen (secondary N) is 1. The lowest BCUT2D eigenvalue weighted by Gasteiger charge is -2.11. The molecule has 0 aliphatic heterocycles. The molecule has 1 aromatic rings. The topological polar surface area (TPSA) is 64.3 Å². The van der Waals surface area contributed by atoms with Crippen LogP contribution in [0.1, 0.15) is 18.4 Å². The van der Waals surface area contributed by atoms with Crippen molar-refractivity contribution < 1.29 is 9.53 Å². The maximum absolute atomic E-state index is 11.8. The highest BCUT2D eigenvalue weighted by Gasteiger charge is 2.28. The van der Waals surface area contributed by atoms with Crippen molar-refractivity contribution in [3.8, 4) is 5.75 Å². The van der Waals surface area contributed by atoms with Gasteiger partial charge in [0.1, 0.15) is 5.75 Å². The molecule has 1 saturated carbocycles. The van der Waals surface area contributed by atoms with E-state index in [1.54, 1.807) is 7.11 Å². The van der Waals surface area contributed by atoms with E-state index in [9.17, 15) is 4.79 Å². The third kappa shape index (κ3) is 5.09. The lowest BCUT2D eigenvalue weighted by Crippen LogP contribution is -2.39. The van der Waals surface area contributed by atoms with Crippen molar-refractivity contribution in [1.82, 2.24) is 5.32 Å². The normalized spacial score (nSPS) is 15.3. The van der Waals surface area contributed by atoms with Crippen molar-refractivity contribution in [2.75, 3.05) is 13.7 Å². The van der Waals surface area contributed by atoms with E-state index in [0.29, 0.717) is 18.9 Å². The first-order valence-corrected chi connectivity index (χ1v) is 6.34. The summed E-state index contributed by atoms with van der Waals surface area (Å²) in [6.07, 6.45) is 2.77. The van der Waals surface area contributed by atoms with Crippen LogP contribution in [-0.4, -0.2) is 25.6 Å². The molecule has 0 spiro atoms. The van der Waals surface area contributed by atoms with Crippen LogP contribution < -0.4 is 15.8 Å². The Bertz CT molecular complexity index is 422. The van der Waals surface area contributed by atoms with Gasteiger partial charge in [-0.3, -0.25) is 4.79 Å². The molecule has 1 amide bonds. The van der Waals surface area contributed by atoms with E-state index in [-0.39, 0.29) is 24.4 Å². The monoisotopic (exact) mass is 284 g/mol. The Hall–Kier alpha value is -1.26. The molecule has 1 atom stereocenters. The highest BCUT2D eigenvalue weighted by molar-refractivity contribution is 5.85. The number of carbonyl (C=O) groups is 1. The fourth-order valence-corrected chi connectivity index (χ4v) is 1.95. The molecule has 3 N–H and O–H groups in total. The number of nitrogens with two attached hydrogens (primary N) is 1. The maximum Gasteiger partial charge on any atom is 0.224 e. The zero-order chi connectivity index (χ0) is 13.0. The molecule has 1 aromatic carbocycles. The number of hydrogen-bond acceptors (Lipinski definition) is 3. The van der Waals surface area contributed by atoms with Crippen molar-refractivity contribution >= 4 is 18.3 Å². The molecule has 106 valence electrons. The van der Waals surface area contributed by atoms with Gasteiger partial charge in [-0.25, -0.2) is 0 Å². The maximum atomic E-state index is 11.8. The number of hydrogen-bond donors (Lipinski definition) is 2. The number of benzene rings is 1. The predicted molar refractivity (Wildman–Crippen MR) is 77.7 cm³/mol. The summed E-state index contributed by atoms with van der Waals surface area (Å²) in [5.41, 5.74) is 6.88. The first-order valence-electron chi connectivity index (χ1n) is 6.34. The molecule has 0 bridgehead atoms. The summed E-state index contributed by atoms with van der Waals surface area (Å²) in [5.74, 6) is 1.40. The van der Waals surface area contributed by atoms with Gasteiger partial charge < -0.3 is 15.8 Å². The van der Waals surface area contributed by atoms with Crippen LogP contribution in [0.25, 0.3) is 0 Å². The van der Waals surface area contributed by atoms with Crippen LogP contribution in [0, 0.1) is 5.92 Å². The van der Waals surface area contributed by atoms with Crippen molar-refractivity contribution in [3.63, 3.8) is 0 Å². The number of rotatable bonds is 6. The third-order valence-corrected chi connectivity index (χ3v) is 3.26. The molecule has 0 aromatic heterocycles. The molecule has 1 aliphatic rings. The number of ether oxygens (including phenoxy) is 1. The van der Waals surface area contributed by atoms with E-state index >= 15 is 0 Å². The van der Waals surface area contributed by atoms with E-state index < -0.39 is 0 Å². The Morgan fingerprint density at radius 3 is 2.89 bits per heavy atom. The van der Waals surface area contributed by atoms with E-state index in [2.05, 4.69) is 5.32 Å². The molecule has 0 heterocycles. The Balaban J connectivity index is 0.00000180. The second-order valence-corrected chi connectivity index (χ2v) is 4.83. The second-order valence-electron chi connectivity index (χ2n) is 4.83. The van der Waals surface area contributed by atoms with Crippen molar-refractivity contribution in [2.24, 2.45) is 11.7 Å². The van der Waals surface area contributed by atoms with Crippen LogP contribution in [0.2, 0.25) is 0 Å². The second kappa shape index (κ2) is 7.36. The first-order chi connectivity index (χ1) is 8.69. The molecule has 0 saturated heterocycles. The number of methoxy groups -OCH3 is 1. The van der Waals surface area contributed by atoms with Gasteiger partial charge in [0.05, 0.1) is 13.5 Å². The minimum atomic E-state index is 0. The van der Waals surface area contributed by atoms with Gasteiger partial charge in [0.2, 0.25) is 5.91 Å². The van der Waals surface area contributed by atoms with Crippen LogP contribution in [0.5, 0.6) is 5.75 Å². The summed E-state index contributed by atoms with van der Waals surface area (Å²) in [6, 6.07) is 7.66. The molecule has 1 aliphatic carbocycles. The molecule has 1 fully saturated rings. The number of carbonyl (C=O) groups excluding carboxylic acids is 1. The van der Waals surface area contributed by atoms with Crippen molar-refractivity contribution in [3.05, 3.63) is 29.8 Å². The van der Waals surface area contributed by atoms with Gasteiger partial charge in [0, 0.05) is 12.6 Å². The van der Waals surface area contributed by atoms with Gasteiger partial charge in [-0.1, -0.05) is 12.1 Å². The van der Waals surface area contributed by atoms with Gasteiger partial charge in [-0.15, -0.1) is 12.4 Å². The van der Waals surface area contributed by atoms with Crippen LogP contribution in [0.4, 0.5) is 0 Å². The van der Waals surface area contributed by atoms with Gasteiger partial charge in [-0.05, 0) is 36.5 Å². The Kier molecular flexibility index (Phi) is 6.12. The average molecular weight is 285 g/mol. The van der Waals surface area contributed by atoms with Crippen LogP contribution in [-0.2, 0) is 11.2 Å². The molecule has 19 heavy (non-hydrogen) atoms. The van der Waals surface area contributed by atoms with Crippen molar-refractivity contribution in [2.45, 2.75) is 25.3 Å². The van der Waals surface area contributed by atoms with E-state index in [1.807, 2.05) is 24.3 Å². The number of amides is 1. The molecular weight excluding hydrogens is 264 g/mol. The first kappa shape index (κ1) is 15.8. The van der Waals surface area contributed by atoms with Crippen molar-refractivity contribution in [1.29, 1.82) is 0 Å². The quantitative estimate of drug-likeness (QED) is 0.832. The summed E-state index contributed by atoms with van der Waals surface area (Å²) in [6.45, 7) is 0.577. The Morgan fingerprint density at radius 2 is 2.26 bits per heavy atom. The predicted octanol–water partition coefficient (Wildman–Crippen LogP) is 1.51. The molecule has 0 radical (unpaired) electrons. The molecule has 5 heteroatoms. The van der Waals surface area contributed by atoms with E-state index in [4.69, 9.17) is 10.5 Å². The van der Waals surface area contributed by atoms with Crippen LogP contribution in [0.15, 0.2) is 24.3 Å². The number of halogens is 1. The largest absolute Gasteiger partial charge is 0.497 e. The zero-order valence-corrected chi connectivity index (χ0v) is 11.9. The molecule has 4 nitrogen and oxygen atoms in total. The third-order valence-electron chi connectivity index (χ3n) is 3.26. The Labute approximate surface area is 120 Å². The van der Waals surface area contributed by atoms with Gasteiger partial charge in [0.25, 0.3) is 0 Å². The zero-order valence-electron chi connectivity index (χ0n) is 11.1. The molecule has 1 unspecified atom stereocenters. The summed E-state index contributed by atoms with van der Waals surface area (Å²) in [5, 5.41) is 2.88. The SMILES string of the molecule is COc1cccc(CC(=O)NCC(N)C2CC2)c1.Cl. The lowest BCUT2D eigenvalue weighted by molar-refractivity contribution is -0.120. The van der Waals surface area contributed by atoms with E-state index in [0.717, 1.165) is 11.3 Å². The average Bonchev–Trinajstić information content (AvgIpc) is 3.20. The molecular formula is C14H21ClN2O2. The Morgan fingerprint density at radius 1 is 1.53 bits per heavy atom. The smallest absolute Gasteiger partial charge is 0.224 e. The minimum Gasteiger partial charge on any atom is -0.497 e. The highest BCUT2D eigenvalue weighted by Crippen LogP contribution is 2.31. The van der Waals surface area contributed by atoms with Gasteiger partial charge in [-0.2, -0.15) is 0 Å². The fraction of sp³-hybridized carbons (Fsp3) is 0.500. The summed E-state index contributed by atoms with van der Waals surface area (Å²) in [7, 11) is 1.62. The van der Waals surface area contributed by atoms with Gasteiger partial charge >= 0.3 is 0 Å². The standard InChI is InChI=1S/C14H20N2O2.ClH/c1-18-12-4-2-3-10(7-12)8-14(17)16-9-13(15)11-5-6-11;/h2-4,7,11,13H,5-6,8-9,15H2,1H3,(H,16,17);1H. The van der Waals surface area contributed by atoms with E-state index in [1.165, 1.54) is 12.8 Å². The summed E-state index contributed by atoms with van der Waals surface area (Å²) >= 11 is 0. The van der Waals surface area contributed by atoms with Crippen LogP contribution in [0.3, 0.4) is 0 Å². The van der Waals surface area contributed by atoms with Crippen LogP contribution >= 0.6 is 12.4 Å². The lowest BCUT2D eigenvalue weighted by atomic mass is 10.1. The summed E-state index contributed by atoms with van der Waals surface area (Å²) in [4.78, 5) is 11.8. The highest BCUT2D eigenvalue weighted by atomic mass is 35.5. The minimum absolute atomic E-state index is 0. The summed E-state index contributed by atoms with van der Waals surface area (Å²) < 4.78 is 5.12. The molecule has 2 rings (SSSR count).